The average Bonchev–Trinajstić information content (AvgIpc) is 3.42. The van der Waals surface area contributed by atoms with Gasteiger partial charge in [0.15, 0.2) is 0 Å². The molecule has 382 valence electrons. The zero-order chi connectivity index (χ0) is 54.6. The Morgan fingerprint density at radius 3 is 0.821 bits per heavy atom. The van der Waals surface area contributed by atoms with Crippen LogP contribution in [0.3, 0.4) is 0 Å². The van der Waals surface area contributed by atoms with Gasteiger partial charge in [0.2, 0.25) is 0 Å². The number of benzene rings is 12. The van der Waals surface area contributed by atoms with Gasteiger partial charge in [0.05, 0.1) is 11.4 Å². The van der Waals surface area contributed by atoms with Crippen LogP contribution in [0.2, 0.25) is 0 Å². The van der Waals surface area contributed by atoms with Crippen LogP contribution in [0.4, 0.5) is 11.4 Å². The van der Waals surface area contributed by atoms with Crippen LogP contribution < -0.4 is 9.80 Å². The minimum atomic E-state index is -0.323. The molecule has 2 aliphatic heterocycles. The molecule has 0 unspecified atom stereocenters. The van der Waals surface area contributed by atoms with Gasteiger partial charge in [-0.15, -0.1) is 0 Å². The van der Waals surface area contributed by atoms with E-state index in [1.807, 2.05) is 36.4 Å². The van der Waals surface area contributed by atoms with Gasteiger partial charge in [-0.25, -0.2) is 9.80 Å². The molecule has 14 rings (SSSR count). The lowest BCUT2D eigenvalue weighted by Crippen LogP contribution is -2.42. The Balaban J connectivity index is 0.924. The van der Waals surface area contributed by atoms with Crippen LogP contribution in [-0.2, 0) is 21.7 Å². The summed E-state index contributed by atoms with van der Waals surface area (Å²) >= 11 is 0. The Morgan fingerprint density at radius 2 is 0.526 bits per heavy atom. The van der Waals surface area contributed by atoms with Crippen molar-refractivity contribution in [3.63, 3.8) is 0 Å². The summed E-state index contributed by atoms with van der Waals surface area (Å²) in [6.45, 7) is 25.6. The molecule has 0 bridgehead atoms. The second-order valence-corrected chi connectivity index (χ2v) is 26.3. The van der Waals surface area contributed by atoms with Crippen LogP contribution in [0.1, 0.15) is 147 Å². The molecule has 12 aromatic carbocycles. The van der Waals surface area contributed by atoms with E-state index in [0.29, 0.717) is 44.4 Å². The first-order valence-corrected chi connectivity index (χ1v) is 27.3. The predicted octanol–water partition coefficient (Wildman–Crippen LogP) is 18.2. The molecular formula is C72H60N2O4. The number of fused-ring (bicyclic) bond motifs is 4. The molecule has 0 radical (unpaired) electrons. The van der Waals surface area contributed by atoms with Crippen LogP contribution in [0.5, 0.6) is 0 Å². The second kappa shape index (κ2) is 15.6. The highest BCUT2D eigenvalue weighted by Crippen LogP contribution is 2.51. The number of hydrogen-bond donors (Lipinski definition) is 0. The molecule has 2 aliphatic rings. The van der Waals surface area contributed by atoms with Gasteiger partial charge in [-0.2, -0.15) is 0 Å². The third-order valence-electron chi connectivity index (χ3n) is 17.4. The van der Waals surface area contributed by atoms with E-state index in [1.165, 1.54) is 9.80 Å². The summed E-state index contributed by atoms with van der Waals surface area (Å²) in [7, 11) is 0. The standard InChI is InChI=1S/C72H60N2O4/c1-69(2,3)37-19-33-55(71(7,8)9)57(35-37)73-65(75)51-29-25-47-43-17-13-15-41-39(21-23-45(59(41)43)49-27-31-53(67(73)77)63(51)61(47)49)40-22-24-46-50-28-32-54-64-52(30-26-48(62(50)64)44-18-14-16-42(40)60(44)46)66(76)74(68(54)78)58-36-38(70(4,5)6)20-34-56(58)72(10,11)12/h13-36H,1-12H3. The summed E-state index contributed by atoms with van der Waals surface area (Å²) in [5, 5.41) is 16.0. The van der Waals surface area contributed by atoms with Crippen molar-refractivity contribution < 1.29 is 19.2 Å². The van der Waals surface area contributed by atoms with E-state index in [1.54, 1.807) is 0 Å². The minimum absolute atomic E-state index is 0.190. The van der Waals surface area contributed by atoms with Crippen molar-refractivity contribution in [3.05, 3.63) is 190 Å². The van der Waals surface area contributed by atoms with E-state index in [4.69, 9.17) is 0 Å². The Kier molecular flexibility index (Phi) is 9.58. The first-order chi connectivity index (χ1) is 36.9. The molecule has 6 heteroatoms. The third kappa shape index (κ3) is 6.43. The summed E-state index contributed by atoms with van der Waals surface area (Å²) in [6.07, 6.45) is 0. The van der Waals surface area contributed by atoms with Crippen molar-refractivity contribution in [1.82, 2.24) is 0 Å². The molecule has 6 nitrogen and oxygen atoms in total. The molecule has 12 aromatic rings. The van der Waals surface area contributed by atoms with Gasteiger partial charge >= 0.3 is 0 Å². The van der Waals surface area contributed by atoms with Gasteiger partial charge in [-0.05, 0) is 167 Å². The topological polar surface area (TPSA) is 74.8 Å². The molecule has 0 aromatic heterocycles. The molecule has 0 N–H and O–H groups in total. The lowest BCUT2D eigenvalue weighted by atomic mass is 9.79. The third-order valence-corrected chi connectivity index (χ3v) is 17.4. The van der Waals surface area contributed by atoms with Crippen molar-refractivity contribution >= 4 is 121 Å². The number of amides is 4. The van der Waals surface area contributed by atoms with Gasteiger partial charge in [-0.3, -0.25) is 19.2 Å². The predicted molar refractivity (Wildman–Crippen MR) is 324 cm³/mol. The highest BCUT2D eigenvalue weighted by atomic mass is 16.2. The normalized spacial score (nSPS) is 14.7. The summed E-state index contributed by atoms with van der Waals surface area (Å²) in [5.41, 5.74) is 8.57. The molecule has 0 saturated carbocycles. The fourth-order valence-corrected chi connectivity index (χ4v) is 13.5. The molecule has 2 heterocycles. The number of anilines is 2. The molecule has 0 fully saturated rings. The fourth-order valence-electron chi connectivity index (χ4n) is 13.5. The molecule has 0 aliphatic carbocycles. The monoisotopic (exact) mass is 1020 g/mol. The summed E-state index contributed by atoms with van der Waals surface area (Å²) in [5.74, 6) is -1.23. The van der Waals surface area contributed by atoms with Gasteiger partial charge in [0, 0.05) is 33.0 Å². The molecule has 0 atom stereocenters. The Labute approximate surface area is 453 Å². The highest BCUT2D eigenvalue weighted by molar-refractivity contribution is 6.45. The van der Waals surface area contributed by atoms with Crippen LogP contribution in [0.15, 0.2) is 146 Å². The zero-order valence-electron chi connectivity index (χ0n) is 46.4. The van der Waals surface area contributed by atoms with Crippen LogP contribution in [0, 0.1) is 0 Å². The lowest BCUT2D eigenvalue weighted by molar-refractivity contribution is 0.0877. The molecular weight excluding hydrogens is 957 g/mol. The number of carbonyl (C=O) groups is 4. The van der Waals surface area contributed by atoms with E-state index in [0.717, 1.165) is 109 Å². The Hall–Kier alpha value is -8.48. The maximum absolute atomic E-state index is 15.0. The van der Waals surface area contributed by atoms with Gasteiger partial charge in [0.1, 0.15) is 0 Å². The average molecular weight is 1020 g/mol. The van der Waals surface area contributed by atoms with Gasteiger partial charge in [-0.1, -0.05) is 192 Å². The maximum Gasteiger partial charge on any atom is 0.265 e. The van der Waals surface area contributed by atoms with E-state index in [9.17, 15) is 0 Å². The fraction of sp³-hybridized carbons (Fsp3) is 0.222. The summed E-state index contributed by atoms with van der Waals surface area (Å²) < 4.78 is 0. The van der Waals surface area contributed by atoms with Crippen molar-refractivity contribution in [2.75, 3.05) is 9.80 Å². The van der Waals surface area contributed by atoms with E-state index >= 15 is 19.2 Å². The smallest absolute Gasteiger partial charge is 0.265 e. The number of carbonyl (C=O) groups excluding carboxylic acids is 4. The molecule has 4 amide bonds. The van der Waals surface area contributed by atoms with Crippen molar-refractivity contribution in [1.29, 1.82) is 0 Å². The van der Waals surface area contributed by atoms with Crippen LogP contribution in [-0.4, -0.2) is 23.6 Å². The quantitative estimate of drug-likeness (QED) is 0.100. The largest absolute Gasteiger partial charge is 0.268 e. The van der Waals surface area contributed by atoms with Crippen molar-refractivity contribution in [2.24, 2.45) is 0 Å². The lowest BCUT2D eigenvalue weighted by Gasteiger charge is -2.34. The maximum atomic E-state index is 15.0. The minimum Gasteiger partial charge on any atom is -0.268 e. The molecule has 0 spiro atoms. The first-order valence-electron chi connectivity index (χ1n) is 27.3. The second-order valence-electron chi connectivity index (χ2n) is 26.3. The Morgan fingerprint density at radius 1 is 0.256 bits per heavy atom. The first kappa shape index (κ1) is 47.9. The van der Waals surface area contributed by atoms with Crippen molar-refractivity contribution in [2.45, 2.75) is 105 Å². The highest BCUT2D eigenvalue weighted by Gasteiger charge is 2.40. The van der Waals surface area contributed by atoms with Crippen molar-refractivity contribution in [3.8, 4) is 11.1 Å². The number of imide groups is 2. The van der Waals surface area contributed by atoms with Crippen LogP contribution >= 0.6 is 0 Å². The number of hydrogen-bond acceptors (Lipinski definition) is 4. The molecule has 0 saturated heterocycles. The van der Waals surface area contributed by atoms with Gasteiger partial charge in [0.25, 0.3) is 23.6 Å². The number of rotatable bonds is 3. The van der Waals surface area contributed by atoms with E-state index in [2.05, 4.69) is 192 Å². The summed E-state index contributed by atoms with van der Waals surface area (Å²) in [4.78, 5) is 62.9. The van der Waals surface area contributed by atoms with E-state index < -0.39 is 0 Å². The van der Waals surface area contributed by atoms with Gasteiger partial charge < -0.3 is 0 Å². The van der Waals surface area contributed by atoms with E-state index in [-0.39, 0.29) is 45.3 Å². The summed E-state index contributed by atoms with van der Waals surface area (Å²) in [6, 6.07) is 50.5. The number of nitrogens with zero attached hydrogens (tertiary/aromatic N) is 2. The van der Waals surface area contributed by atoms with Crippen LogP contribution in [0.25, 0.3) is 97.3 Å². The molecule has 78 heavy (non-hydrogen) atoms. The Bertz CT molecular complexity index is 4300. The SMILES string of the molecule is CC(C)(C)c1ccc(C(C)(C)C)c(N2C(=O)c3ccc4c5cccc6c(-c7ccc8c9ccc%10c%11c(ccc(c%12cccc7c%128)c%119)C(=O)N(c7cc(C(C)(C)C)ccc7C(C)(C)C)C%10=O)ccc(c7ccc(c3c47)C2=O)c65)c1. The zero-order valence-corrected chi connectivity index (χ0v) is 46.4.